The van der Waals surface area contributed by atoms with Gasteiger partial charge in [0, 0.05) is 12.1 Å². The minimum absolute atomic E-state index is 0.139. The van der Waals surface area contributed by atoms with Gasteiger partial charge in [-0.1, -0.05) is 0 Å². The molecule has 0 radical (unpaired) electrons. The molecule has 0 atom stereocenters. The molecule has 1 aliphatic rings. The van der Waals surface area contributed by atoms with Crippen molar-refractivity contribution in [1.82, 2.24) is 0 Å². The normalized spacial score (nSPS) is 16.0. The van der Waals surface area contributed by atoms with Crippen LogP contribution < -0.4 is 0 Å². The van der Waals surface area contributed by atoms with E-state index in [9.17, 15) is 20.2 Å². The molecule has 90 valence electrons. The molecular formula is C9H8N2O6. The van der Waals surface area contributed by atoms with Gasteiger partial charge in [0.2, 0.25) is 0 Å². The van der Waals surface area contributed by atoms with Crippen molar-refractivity contribution in [3.63, 3.8) is 0 Å². The molecule has 0 spiro atoms. The maximum Gasteiger partial charge on any atom is 0.284 e. The van der Waals surface area contributed by atoms with Crippen molar-refractivity contribution < 1.29 is 19.3 Å². The van der Waals surface area contributed by atoms with Crippen LogP contribution >= 0.6 is 0 Å². The fourth-order valence-electron chi connectivity index (χ4n) is 1.63. The summed E-state index contributed by atoms with van der Waals surface area (Å²) in [4.78, 5) is 20.3. The molecule has 8 heteroatoms. The van der Waals surface area contributed by atoms with Crippen molar-refractivity contribution in [2.75, 3.05) is 13.2 Å². The molecule has 17 heavy (non-hydrogen) atoms. The Morgan fingerprint density at radius 1 is 1.06 bits per heavy atom. The monoisotopic (exact) mass is 240 g/mol. The van der Waals surface area contributed by atoms with E-state index in [2.05, 4.69) is 0 Å². The summed E-state index contributed by atoms with van der Waals surface area (Å²) in [5.74, 6) is 0. The molecule has 0 N–H and O–H groups in total. The van der Waals surface area contributed by atoms with E-state index < -0.39 is 16.1 Å². The Balaban J connectivity index is 2.57. The van der Waals surface area contributed by atoms with Gasteiger partial charge < -0.3 is 9.47 Å². The molecule has 1 fully saturated rings. The van der Waals surface area contributed by atoms with E-state index >= 15 is 0 Å². The maximum absolute atomic E-state index is 10.8. The fraction of sp³-hybridized carbons (Fsp3) is 0.333. The van der Waals surface area contributed by atoms with Crippen molar-refractivity contribution in [2.24, 2.45) is 0 Å². The quantitative estimate of drug-likeness (QED) is 0.586. The summed E-state index contributed by atoms with van der Waals surface area (Å²) in [6.45, 7) is 0.516. The predicted octanol–water partition coefficient (Wildman–Crippen LogP) is 1.55. The lowest BCUT2D eigenvalue weighted by Gasteiger charge is -2.09. The minimum Gasteiger partial charge on any atom is -0.345 e. The topological polar surface area (TPSA) is 105 Å². The van der Waals surface area contributed by atoms with E-state index in [1.807, 2.05) is 0 Å². The highest BCUT2D eigenvalue weighted by atomic mass is 16.7. The molecule has 0 aromatic heterocycles. The summed E-state index contributed by atoms with van der Waals surface area (Å²) in [5, 5.41) is 21.7. The fourth-order valence-corrected chi connectivity index (χ4v) is 1.63. The van der Waals surface area contributed by atoms with Crippen LogP contribution in [-0.2, 0) is 9.47 Å². The molecule has 1 aliphatic heterocycles. The second-order valence-corrected chi connectivity index (χ2v) is 3.30. The van der Waals surface area contributed by atoms with Crippen LogP contribution in [0.1, 0.15) is 11.9 Å². The number of hydrogen-bond donors (Lipinski definition) is 0. The number of nitrogens with zero attached hydrogens (tertiary/aromatic N) is 2. The molecule has 0 amide bonds. The first-order valence-electron chi connectivity index (χ1n) is 4.76. The van der Waals surface area contributed by atoms with E-state index in [4.69, 9.17) is 9.47 Å². The van der Waals surface area contributed by atoms with Crippen LogP contribution in [0.25, 0.3) is 0 Å². The van der Waals surface area contributed by atoms with Gasteiger partial charge in [-0.25, -0.2) is 0 Å². The highest BCUT2D eigenvalue weighted by Gasteiger charge is 2.34. The lowest BCUT2D eigenvalue weighted by molar-refractivity contribution is -0.397. The van der Waals surface area contributed by atoms with Crippen LogP contribution in [0.3, 0.4) is 0 Å². The van der Waals surface area contributed by atoms with Crippen molar-refractivity contribution >= 4 is 11.4 Å². The maximum atomic E-state index is 10.8. The van der Waals surface area contributed by atoms with Gasteiger partial charge in [0.1, 0.15) is 0 Å². The number of benzene rings is 1. The number of ether oxygens (including phenoxy) is 2. The van der Waals surface area contributed by atoms with Gasteiger partial charge in [-0.15, -0.1) is 0 Å². The number of nitro groups is 2. The second-order valence-electron chi connectivity index (χ2n) is 3.30. The largest absolute Gasteiger partial charge is 0.345 e. The molecular weight excluding hydrogens is 232 g/mol. The Bertz CT molecular complexity index is 436. The van der Waals surface area contributed by atoms with Crippen LogP contribution in [0.2, 0.25) is 0 Å². The smallest absolute Gasteiger partial charge is 0.284 e. The highest BCUT2D eigenvalue weighted by molar-refractivity contribution is 5.54. The van der Waals surface area contributed by atoms with Crippen molar-refractivity contribution in [2.45, 2.75) is 6.29 Å². The molecule has 0 aliphatic carbocycles. The first-order valence-corrected chi connectivity index (χ1v) is 4.76. The summed E-state index contributed by atoms with van der Waals surface area (Å²) in [6.07, 6.45) is -1.04. The summed E-state index contributed by atoms with van der Waals surface area (Å²) in [7, 11) is 0. The van der Waals surface area contributed by atoms with E-state index in [1.54, 1.807) is 0 Å². The Hall–Kier alpha value is -2.06. The molecule has 0 saturated carbocycles. The molecule has 1 aromatic carbocycles. The summed E-state index contributed by atoms with van der Waals surface area (Å²) >= 11 is 0. The molecule has 0 bridgehead atoms. The Labute approximate surface area is 95.1 Å². The third-order valence-corrected chi connectivity index (χ3v) is 2.31. The van der Waals surface area contributed by atoms with Gasteiger partial charge in [-0.05, 0) is 6.07 Å². The van der Waals surface area contributed by atoms with E-state index in [0.29, 0.717) is 0 Å². The first kappa shape index (κ1) is 11.4. The van der Waals surface area contributed by atoms with Crippen LogP contribution in [0, 0.1) is 20.2 Å². The summed E-state index contributed by atoms with van der Waals surface area (Å²) in [6, 6.07) is 3.63. The van der Waals surface area contributed by atoms with Crippen LogP contribution in [0.15, 0.2) is 18.2 Å². The van der Waals surface area contributed by atoms with Crippen LogP contribution in [0.5, 0.6) is 0 Å². The summed E-state index contributed by atoms with van der Waals surface area (Å²) in [5.41, 5.74) is -0.878. The van der Waals surface area contributed by atoms with Gasteiger partial charge in [0.25, 0.3) is 11.4 Å². The standard InChI is InChI=1S/C9H8N2O6/c12-10(13)6-2-1-3-7(11(14)15)8(6)9-16-4-5-17-9/h1-3,9H,4-5H2. The zero-order chi connectivity index (χ0) is 12.4. The van der Waals surface area contributed by atoms with Gasteiger partial charge in [-0.2, -0.15) is 0 Å². The van der Waals surface area contributed by atoms with E-state index in [-0.39, 0.29) is 30.2 Å². The highest BCUT2D eigenvalue weighted by Crippen LogP contribution is 2.37. The van der Waals surface area contributed by atoms with Crippen LogP contribution in [0.4, 0.5) is 11.4 Å². The Kier molecular flexibility index (Phi) is 2.98. The van der Waals surface area contributed by atoms with Crippen molar-refractivity contribution in [3.8, 4) is 0 Å². The van der Waals surface area contributed by atoms with Gasteiger partial charge >= 0.3 is 0 Å². The van der Waals surface area contributed by atoms with E-state index in [1.165, 1.54) is 18.2 Å². The number of hydrogen-bond acceptors (Lipinski definition) is 6. The van der Waals surface area contributed by atoms with E-state index in [0.717, 1.165) is 0 Å². The molecule has 2 rings (SSSR count). The SMILES string of the molecule is O=[N+]([O-])c1cccc([N+](=O)[O-])c1C1OCCO1. The third kappa shape index (κ3) is 2.08. The molecule has 1 heterocycles. The first-order chi connectivity index (χ1) is 8.11. The average molecular weight is 240 g/mol. The Morgan fingerprint density at radius 3 is 1.94 bits per heavy atom. The Morgan fingerprint density at radius 2 is 1.53 bits per heavy atom. The molecule has 1 saturated heterocycles. The van der Waals surface area contributed by atoms with Crippen molar-refractivity contribution in [1.29, 1.82) is 0 Å². The summed E-state index contributed by atoms with van der Waals surface area (Å²) < 4.78 is 10.2. The van der Waals surface area contributed by atoms with Crippen molar-refractivity contribution in [3.05, 3.63) is 44.0 Å². The zero-order valence-electron chi connectivity index (χ0n) is 8.57. The number of rotatable bonds is 3. The zero-order valence-corrected chi connectivity index (χ0v) is 8.57. The van der Waals surface area contributed by atoms with Gasteiger partial charge in [0.15, 0.2) is 11.9 Å². The molecule has 1 aromatic rings. The second kappa shape index (κ2) is 4.44. The van der Waals surface area contributed by atoms with Gasteiger partial charge in [0.05, 0.1) is 23.1 Å². The van der Waals surface area contributed by atoms with Crippen LogP contribution in [-0.4, -0.2) is 23.1 Å². The third-order valence-electron chi connectivity index (χ3n) is 2.31. The lowest BCUT2D eigenvalue weighted by Crippen LogP contribution is -2.07. The molecule has 8 nitrogen and oxygen atoms in total. The number of nitro benzene ring substituents is 2. The lowest BCUT2D eigenvalue weighted by atomic mass is 10.1. The minimum atomic E-state index is -1.04. The van der Waals surface area contributed by atoms with Gasteiger partial charge in [-0.3, -0.25) is 20.2 Å². The predicted molar refractivity (Wildman–Crippen MR) is 54.4 cm³/mol. The molecule has 0 unspecified atom stereocenters. The average Bonchev–Trinajstić information content (AvgIpc) is 2.80.